The maximum absolute atomic E-state index is 11.3. The van der Waals surface area contributed by atoms with E-state index in [1.54, 1.807) is 26.1 Å². The average Bonchev–Trinajstić information content (AvgIpc) is 2.21. The van der Waals surface area contributed by atoms with E-state index in [9.17, 15) is 4.79 Å². The normalized spacial score (nSPS) is 12.9. The van der Waals surface area contributed by atoms with E-state index >= 15 is 0 Å². The molecule has 0 aromatic carbocycles. The van der Waals surface area contributed by atoms with Gasteiger partial charge in [0.15, 0.2) is 0 Å². The predicted molar refractivity (Wildman–Crippen MR) is 66.4 cm³/mol. The van der Waals surface area contributed by atoms with Gasteiger partial charge in [-0.25, -0.2) is 0 Å². The van der Waals surface area contributed by atoms with Gasteiger partial charge in [0.1, 0.15) is 0 Å². The summed E-state index contributed by atoms with van der Waals surface area (Å²) >= 11 is 0. The fourth-order valence-electron chi connectivity index (χ4n) is 1.42. The summed E-state index contributed by atoms with van der Waals surface area (Å²) in [5, 5.41) is 3.42. The second kappa shape index (κ2) is 8.53. The number of amides is 1. The number of ether oxygens (including phenoxy) is 1. The SMILES string of the molecule is COCC(NCCCC(=O)N(C)C)C(C)C. The average molecular weight is 230 g/mol. The summed E-state index contributed by atoms with van der Waals surface area (Å²) in [6.45, 7) is 5.93. The van der Waals surface area contributed by atoms with Gasteiger partial charge in [0, 0.05) is 33.7 Å². The number of nitrogens with zero attached hydrogens (tertiary/aromatic N) is 1. The van der Waals surface area contributed by atoms with Crippen molar-refractivity contribution >= 4 is 5.91 Å². The lowest BCUT2D eigenvalue weighted by atomic mass is 10.1. The van der Waals surface area contributed by atoms with Gasteiger partial charge in [0.2, 0.25) is 5.91 Å². The van der Waals surface area contributed by atoms with Crippen LogP contribution in [0.5, 0.6) is 0 Å². The van der Waals surface area contributed by atoms with E-state index in [1.165, 1.54) is 0 Å². The third-order valence-electron chi connectivity index (χ3n) is 2.62. The Kier molecular flexibility index (Phi) is 8.21. The maximum atomic E-state index is 11.3. The molecule has 0 spiro atoms. The van der Waals surface area contributed by atoms with Crippen molar-refractivity contribution in [3.63, 3.8) is 0 Å². The molecule has 0 aromatic rings. The number of hydrogen-bond donors (Lipinski definition) is 1. The van der Waals surface area contributed by atoms with Crippen LogP contribution >= 0.6 is 0 Å². The van der Waals surface area contributed by atoms with Crippen molar-refractivity contribution in [2.75, 3.05) is 34.4 Å². The quantitative estimate of drug-likeness (QED) is 0.635. The Balaban J connectivity index is 3.66. The lowest BCUT2D eigenvalue weighted by molar-refractivity contribution is -0.128. The highest BCUT2D eigenvalue weighted by molar-refractivity contribution is 5.75. The number of nitrogens with one attached hydrogen (secondary N) is 1. The topological polar surface area (TPSA) is 41.6 Å². The highest BCUT2D eigenvalue weighted by Crippen LogP contribution is 2.02. The van der Waals surface area contributed by atoms with Crippen LogP contribution in [0.15, 0.2) is 0 Å². The first kappa shape index (κ1) is 15.4. The van der Waals surface area contributed by atoms with Gasteiger partial charge in [0.05, 0.1) is 6.61 Å². The standard InChI is InChI=1S/C12H26N2O2/c1-10(2)11(9-16-5)13-8-6-7-12(15)14(3)4/h10-11,13H,6-9H2,1-5H3. The van der Waals surface area contributed by atoms with E-state index in [-0.39, 0.29) is 5.91 Å². The highest BCUT2D eigenvalue weighted by atomic mass is 16.5. The Morgan fingerprint density at radius 2 is 2.00 bits per heavy atom. The van der Waals surface area contributed by atoms with E-state index in [1.807, 2.05) is 0 Å². The highest BCUT2D eigenvalue weighted by Gasteiger charge is 2.12. The van der Waals surface area contributed by atoms with E-state index in [0.717, 1.165) is 19.6 Å². The van der Waals surface area contributed by atoms with Gasteiger partial charge in [-0.2, -0.15) is 0 Å². The maximum Gasteiger partial charge on any atom is 0.222 e. The van der Waals surface area contributed by atoms with Crippen molar-refractivity contribution in [2.24, 2.45) is 5.92 Å². The van der Waals surface area contributed by atoms with Crippen LogP contribution in [0, 0.1) is 5.92 Å². The van der Waals surface area contributed by atoms with Crippen molar-refractivity contribution < 1.29 is 9.53 Å². The molecular weight excluding hydrogens is 204 g/mol. The molecule has 1 atom stereocenters. The molecule has 0 saturated heterocycles. The number of carbonyl (C=O) groups excluding carboxylic acids is 1. The molecule has 1 unspecified atom stereocenters. The minimum absolute atomic E-state index is 0.189. The van der Waals surface area contributed by atoms with Gasteiger partial charge in [-0.3, -0.25) is 4.79 Å². The first-order chi connectivity index (χ1) is 7.49. The van der Waals surface area contributed by atoms with Gasteiger partial charge in [-0.1, -0.05) is 13.8 Å². The van der Waals surface area contributed by atoms with Gasteiger partial charge >= 0.3 is 0 Å². The second-order valence-electron chi connectivity index (χ2n) is 4.65. The van der Waals surface area contributed by atoms with Crippen LogP contribution in [0.1, 0.15) is 26.7 Å². The van der Waals surface area contributed by atoms with E-state index in [2.05, 4.69) is 19.2 Å². The lowest BCUT2D eigenvalue weighted by Gasteiger charge is -2.21. The first-order valence-electron chi connectivity index (χ1n) is 5.91. The fraction of sp³-hybridized carbons (Fsp3) is 0.917. The van der Waals surface area contributed by atoms with Gasteiger partial charge in [0.25, 0.3) is 0 Å². The van der Waals surface area contributed by atoms with Crippen LogP contribution in [-0.2, 0) is 9.53 Å². The van der Waals surface area contributed by atoms with Crippen LogP contribution in [0.2, 0.25) is 0 Å². The summed E-state index contributed by atoms with van der Waals surface area (Å²) in [7, 11) is 5.29. The van der Waals surface area contributed by atoms with E-state index < -0.39 is 0 Å². The zero-order chi connectivity index (χ0) is 12.6. The Labute approximate surface area is 99.3 Å². The molecule has 0 saturated carbocycles. The molecule has 0 radical (unpaired) electrons. The Bertz CT molecular complexity index is 193. The van der Waals surface area contributed by atoms with Crippen LogP contribution in [-0.4, -0.2) is 51.2 Å². The summed E-state index contributed by atoms with van der Waals surface area (Å²) in [5.74, 6) is 0.735. The molecule has 0 aliphatic carbocycles. The van der Waals surface area contributed by atoms with Crippen LogP contribution in [0.4, 0.5) is 0 Å². The monoisotopic (exact) mass is 230 g/mol. The third-order valence-corrected chi connectivity index (χ3v) is 2.62. The predicted octanol–water partition coefficient (Wildman–Crippen LogP) is 1.12. The van der Waals surface area contributed by atoms with Crippen LogP contribution < -0.4 is 5.32 Å². The number of hydrogen-bond acceptors (Lipinski definition) is 3. The Morgan fingerprint density at radius 3 is 2.44 bits per heavy atom. The molecule has 0 bridgehead atoms. The van der Waals surface area contributed by atoms with Gasteiger partial charge in [-0.05, 0) is 18.9 Å². The molecule has 4 heteroatoms. The molecule has 0 aliphatic heterocycles. The zero-order valence-corrected chi connectivity index (χ0v) is 11.2. The molecule has 1 N–H and O–H groups in total. The van der Waals surface area contributed by atoms with Crippen molar-refractivity contribution in [3.05, 3.63) is 0 Å². The van der Waals surface area contributed by atoms with Crippen LogP contribution in [0.3, 0.4) is 0 Å². The summed E-state index contributed by atoms with van der Waals surface area (Å²) in [5.41, 5.74) is 0. The number of rotatable bonds is 8. The molecule has 4 nitrogen and oxygen atoms in total. The molecular formula is C12H26N2O2. The zero-order valence-electron chi connectivity index (χ0n) is 11.2. The molecule has 0 heterocycles. The Hall–Kier alpha value is -0.610. The molecule has 16 heavy (non-hydrogen) atoms. The molecule has 0 aliphatic rings. The van der Waals surface area contributed by atoms with E-state index in [0.29, 0.717) is 18.4 Å². The number of carbonyl (C=O) groups is 1. The molecule has 0 fully saturated rings. The molecule has 0 aromatic heterocycles. The number of methoxy groups -OCH3 is 1. The summed E-state index contributed by atoms with van der Waals surface area (Å²) < 4.78 is 5.14. The molecule has 1 amide bonds. The van der Waals surface area contributed by atoms with Crippen LogP contribution in [0.25, 0.3) is 0 Å². The lowest BCUT2D eigenvalue weighted by Crippen LogP contribution is -2.38. The fourth-order valence-corrected chi connectivity index (χ4v) is 1.42. The van der Waals surface area contributed by atoms with E-state index in [4.69, 9.17) is 4.74 Å². The third kappa shape index (κ3) is 6.80. The molecule has 96 valence electrons. The second-order valence-corrected chi connectivity index (χ2v) is 4.65. The smallest absolute Gasteiger partial charge is 0.222 e. The summed E-state index contributed by atoms with van der Waals surface area (Å²) in [6, 6.07) is 0.374. The van der Waals surface area contributed by atoms with Crippen molar-refractivity contribution in [1.82, 2.24) is 10.2 Å². The Morgan fingerprint density at radius 1 is 1.38 bits per heavy atom. The minimum atomic E-state index is 0.189. The first-order valence-corrected chi connectivity index (χ1v) is 5.91. The van der Waals surface area contributed by atoms with Crippen molar-refractivity contribution in [2.45, 2.75) is 32.7 Å². The largest absolute Gasteiger partial charge is 0.383 e. The summed E-state index contributed by atoms with van der Waals surface area (Å²) in [6.07, 6.45) is 1.49. The van der Waals surface area contributed by atoms with Crippen molar-refractivity contribution in [3.8, 4) is 0 Å². The minimum Gasteiger partial charge on any atom is -0.383 e. The summed E-state index contributed by atoms with van der Waals surface area (Å²) in [4.78, 5) is 13.0. The van der Waals surface area contributed by atoms with Gasteiger partial charge < -0.3 is 15.0 Å². The van der Waals surface area contributed by atoms with Gasteiger partial charge in [-0.15, -0.1) is 0 Å². The molecule has 0 rings (SSSR count). The van der Waals surface area contributed by atoms with Crippen molar-refractivity contribution in [1.29, 1.82) is 0 Å².